The third kappa shape index (κ3) is 2.92. The number of aromatic nitrogens is 1. The third-order valence-electron chi connectivity index (χ3n) is 2.31. The molecule has 16 heavy (non-hydrogen) atoms. The Morgan fingerprint density at radius 2 is 2.06 bits per heavy atom. The summed E-state index contributed by atoms with van der Waals surface area (Å²) in [6, 6.07) is -0.196. The maximum atomic E-state index is 11.4. The zero-order valence-corrected chi connectivity index (χ0v) is 9.96. The molecule has 1 aromatic rings. The van der Waals surface area contributed by atoms with E-state index in [1.54, 1.807) is 6.92 Å². The first-order valence-electron chi connectivity index (χ1n) is 5.13. The average molecular weight is 224 g/mol. The Balaban J connectivity index is 2.69. The van der Waals surface area contributed by atoms with Gasteiger partial charge in [-0.15, -0.1) is 0 Å². The van der Waals surface area contributed by atoms with Crippen molar-refractivity contribution in [2.45, 2.75) is 40.2 Å². The van der Waals surface area contributed by atoms with E-state index in [1.165, 1.54) is 6.92 Å². The van der Waals surface area contributed by atoms with Gasteiger partial charge in [0.2, 0.25) is 5.91 Å². The number of ketones is 1. The summed E-state index contributed by atoms with van der Waals surface area (Å²) in [5.74, 6) is 0.261. The van der Waals surface area contributed by atoms with Gasteiger partial charge < -0.3 is 9.84 Å². The van der Waals surface area contributed by atoms with E-state index in [4.69, 9.17) is 4.52 Å². The highest BCUT2D eigenvalue weighted by atomic mass is 16.5. The quantitative estimate of drug-likeness (QED) is 0.785. The van der Waals surface area contributed by atoms with E-state index < -0.39 is 0 Å². The Bertz CT molecular complexity index is 390. The van der Waals surface area contributed by atoms with Crippen molar-refractivity contribution in [3.8, 4) is 0 Å². The van der Waals surface area contributed by atoms with Crippen molar-refractivity contribution in [3.63, 3.8) is 0 Å². The molecule has 88 valence electrons. The molecule has 0 radical (unpaired) electrons. The lowest BCUT2D eigenvalue weighted by Crippen LogP contribution is -2.28. The molecule has 0 fully saturated rings. The largest absolute Gasteiger partial charge is 0.361 e. The smallest absolute Gasteiger partial charge is 0.227 e. The second kappa shape index (κ2) is 4.92. The summed E-state index contributed by atoms with van der Waals surface area (Å²) in [6.45, 7) is 6.84. The van der Waals surface area contributed by atoms with E-state index in [0.717, 1.165) is 11.3 Å². The number of rotatable bonds is 4. The summed E-state index contributed by atoms with van der Waals surface area (Å²) in [4.78, 5) is 22.2. The van der Waals surface area contributed by atoms with Gasteiger partial charge in [-0.05, 0) is 27.7 Å². The fourth-order valence-corrected chi connectivity index (χ4v) is 1.70. The molecule has 0 aliphatic heterocycles. The van der Waals surface area contributed by atoms with Gasteiger partial charge >= 0.3 is 0 Å². The molecule has 1 unspecified atom stereocenters. The van der Waals surface area contributed by atoms with Gasteiger partial charge in [-0.3, -0.25) is 9.59 Å². The summed E-state index contributed by atoms with van der Waals surface area (Å²) in [7, 11) is 0. The zero-order valence-electron chi connectivity index (χ0n) is 9.96. The summed E-state index contributed by atoms with van der Waals surface area (Å²) < 4.78 is 5.01. The van der Waals surface area contributed by atoms with Crippen molar-refractivity contribution in [1.29, 1.82) is 0 Å². The third-order valence-corrected chi connectivity index (χ3v) is 2.31. The highest BCUT2D eigenvalue weighted by molar-refractivity contribution is 5.96. The fraction of sp³-hybridized carbons (Fsp3) is 0.545. The summed E-state index contributed by atoms with van der Waals surface area (Å²) in [6.07, 6.45) is -0.0896. The molecule has 1 atom stereocenters. The van der Waals surface area contributed by atoms with Gasteiger partial charge in [0.25, 0.3) is 0 Å². The van der Waals surface area contributed by atoms with Crippen LogP contribution < -0.4 is 5.32 Å². The Kier molecular flexibility index (Phi) is 3.82. The molecule has 0 saturated heterocycles. The lowest BCUT2D eigenvalue weighted by atomic mass is 10.1. The van der Waals surface area contributed by atoms with E-state index in [1.807, 2.05) is 13.8 Å². The van der Waals surface area contributed by atoms with Crippen LogP contribution in [-0.4, -0.2) is 16.8 Å². The fourth-order valence-electron chi connectivity index (χ4n) is 1.70. The maximum Gasteiger partial charge on any atom is 0.227 e. The van der Waals surface area contributed by atoms with Crippen LogP contribution in [0.2, 0.25) is 0 Å². The monoisotopic (exact) mass is 224 g/mol. The molecule has 1 rings (SSSR count). The van der Waals surface area contributed by atoms with Crippen LogP contribution in [0.4, 0.5) is 0 Å². The van der Waals surface area contributed by atoms with Crippen LogP contribution in [-0.2, 0) is 9.59 Å². The van der Waals surface area contributed by atoms with Crippen LogP contribution in [0.1, 0.15) is 43.3 Å². The minimum atomic E-state index is -0.278. The summed E-state index contributed by atoms with van der Waals surface area (Å²) in [5, 5.41) is 6.55. The van der Waals surface area contributed by atoms with Gasteiger partial charge in [0.15, 0.2) is 0 Å². The predicted octanol–water partition coefficient (Wildman–Crippen LogP) is 1.45. The molecule has 1 amide bonds. The van der Waals surface area contributed by atoms with Crippen LogP contribution in [0.5, 0.6) is 0 Å². The summed E-state index contributed by atoms with van der Waals surface area (Å²) in [5.41, 5.74) is 1.63. The van der Waals surface area contributed by atoms with Gasteiger partial charge in [-0.25, -0.2) is 0 Å². The molecule has 0 aliphatic rings. The molecule has 5 nitrogen and oxygen atoms in total. The molecular weight excluding hydrogens is 208 g/mol. The van der Waals surface area contributed by atoms with Gasteiger partial charge in [0.05, 0.1) is 18.2 Å². The Labute approximate surface area is 94.2 Å². The van der Waals surface area contributed by atoms with Crippen molar-refractivity contribution >= 4 is 11.7 Å². The van der Waals surface area contributed by atoms with Crippen molar-refractivity contribution in [2.24, 2.45) is 0 Å². The highest BCUT2D eigenvalue weighted by Gasteiger charge is 2.18. The standard InChI is InChI=1S/C11H16N2O3/c1-6(14)5-10(15)12-7(2)11-8(3)13-16-9(11)4/h7H,5H2,1-4H3,(H,12,15). The maximum absolute atomic E-state index is 11.4. The second-order valence-corrected chi connectivity index (χ2v) is 3.91. The van der Waals surface area contributed by atoms with E-state index >= 15 is 0 Å². The van der Waals surface area contributed by atoms with Crippen molar-refractivity contribution in [2.75, 3.05) is 0 Å². The van der Waals surface area contributed by atoms with Crippen LogP contribution in [0.25, 0.3) is 0 Å². The number of hydrogen-bond donors (Lipinski definition) is 1. The number of Topliss-reactive ketones (excluding diaryl/α,β-unsaturated/α-hetero) is 1. The van der Waals surface area contributed by atoms with Crippen LogP contribution in [0, 0.1) is 13.8 Å². The lowest BCUT2D eigenvalue weighted by molar-refractivity contribution is -0.127. The minimum absolute atomic E-state index is 0.0896. The van der Waals surface area contributed by atoms with E-state index in [2.05, 4.69) is 10.5 Å². The van der Waals surface area contributed by atoms with E-state index in [9.17, 15) is 9.59 Å². The number of nitrogens with one attached hydrogen (secondary N) is 1. The number of nitrogens with zero attached hydrogens (tertiary/aromatic N) is 1. The van der Waals surface area contributed by atoms with Gasteiger partial charge in [0, 0.05) is 5.56 Å². The molecule has 0 spiro atoms. The lowest BCUT2D eigenvalue weighted by Gasteiger charge is -2.12. The average Bonchev–Trinajstić information content (AvgIpc) is 2.44. The molecular formula is C11H16N2O3. The van der Waals surface area contributed by atoms with Crippen LogP contribution in [0.3, 0.4) is 0 Å². The summed E-state index contributed by atoms with van der Waals surface area (Å²) >= 11 is 0. The van der Waals surface area contributed by atoms with E-state index in [0.29, 0.717) is 5.76 Å². The number of amides is 1. The van der Waals surface area contributed by atoms with Gasteiger partial charge in [-0.2, -0.15) is 0 Å². The zero-order chi connectivity index (χ0) is 12.3. The second-order valence-electron chi connectivity index (χ2n) is 3.91. The van der Waals surface area contributed by atoms with Crippen LogP contribution >= 0.6 is 0 Å². The van der Waals surface area contributed by atoms with Crippen molar-refractivity contribution < 1.29 is 14.1 Å². The van der Waals surface area contributed by atoms with Crippen molar-refractivity contribution in [3.05, 3.63) is 17.0 Å². The van der Waals surface area contributed by atoms with Crippen molar-refractivity contribution in [1.82, 2.24) is 10.5 Å². The number of hydrogen-bond acceptors (Lipinski definition) is 4. The molecule has 0 bridgehead atoms. The van der Waals surface area contributed by atoms with Crippen LogP contribution in [0.15, 0.2) is 4.52 Å². The van der Waals surface area contributed by atoms with Gasteiger partial charge in [0.1, 0.15) is 11.5 Å². The van der Waals surface area contributed by atoms with Gasteiger partial charge in [-0.1, -0.05) is 5.16 Å². The first kappa shape index (κ1) is 12.4. The molecule has 5 heteroatoms. The topological polar surface area (TPSA) is 72.2 Å². The SMILES string of the molecule is CC(=O)CC(=O)NC(C)c1c(C)noc1C. The molecule has 0 aromatic carbocycles. The molecule has 1 heterocycles. The molecule has 1 aromatic heterocycles. The highest BCUT2D eigenvalue weighted by Crippen LogP contribution is 2.20. The molecule has 0 aliphatic carbocycles. The Hall–Kier alpha value is -1.65. The predicted molar refractivity (Wildman–Crippen MR) is 57.8 cm³/mol. The minimum Gasteiger partial charge on any atom is -0.361 e. The Morgan fingerprint density at radius 3 is 2.50 bits per heavy atom. The first-order valence-corrected chi connectivity index (χ1v) is 5.13. The number of carbonyl (C=O) groups excluding carboxylic acids is 2. The molecule has 1 N–H and O–H groups in total. The molecule has 0 saturated carbocycles. The Morgan fingerprint density at radius 1 is 1.44 bits per heavy atom. The number of carbonyl (C=O) groups is 2. The normalized spacial score (nSPS) is 12.2. The number of aryl methyl sites for hydroxylation is 2. The first-order chi connectivity index (χ1) is 7.41. The van der Waals surface area contributed by atoms with E-state index in [-0.39, 0.29) is 24.2 Å².